The molecule has 0 bridgehead atoms. The number of nitriles is 2. The molecule has 2 saturated heterocycles. The Labute approximate surface area is 234 Å². The summed E-state index contributed by atoms with van der Waals surface area (Å²) in [5.74, 6) is -0.633. The van der Waals surface area contributed by atoms with E-state index < -0.39 is 23.2 Å². The highest BCUT2D eigenvalue weighted by Crippen LogP contribution is 2.23. The second-order valence-electron chi connectivity index (χ2n) is 10.6. The molecule has 2 aromatic carbocycles. The molecule has 2 aliphatic heterocycles. The summed E-state index contributed by atoms with van der Waals surface area (Å²) >= 11 is 0. The molecule has 2 fully saturated rings. The van der Waals surface area contributed by atoms with Crippen LogP contribution in [0.2, 0.25) is 0 Å². The van der Waals surface area contributed by atoms with Crippen LogP contribution in [0.3, 0.4) is 0 Å². The van der Waals surface area contributed by atoms with Gasteiger partial charge in [-0.2, -0.15) is 10.5 Å². The standard InChI is InChI=1S/C30H36N6O4/c31-19-25(35-27(37)29(33)9-13-39-14-10-29)17-21-1-5-23(6-2-21)24-7-3-22(4-8-24)18-26(20-32)36-28(38)30(34)11-15-40-16-12-30/h1-8,25-26H,9-18,33-34H2,(H,35,37)(H,36,38)/t25-,26-/m0/s1. The topological polar surface area (TPSA) is 176 Å². The molecule has 2 heterocycles. The van der Waals surface area contributed by atoms with Crippen LogP contribution in [0.15, 0.2) is 48.5 Å². The maximum Gasteiger partial charge on any atom is 0.241 e. The van der Waals surface area contributed by atoms with E-state index in [0.29, 0.717) is 65.0 Å². The largest absolute Gasteiger partial charge is 0.381 e. The van der Waals surface area contributed by atoms with E-state index in [-0.39, 0.29) is 11.8 Å². The summed E-state index contributed by atoms with van der Waals surface area (Å²) < 4.78 is 10.6. The van der Waals surface area contributed by atoms with Crippen LogP contribution in [0.1, 0.15) is 36.8 Å². The highest BCUT2D eigenvalue weighted by molar-refractivity contribution is 5.87. The third-order valence-corrected chi connectivity index (χ3v) is 7.72. The summed E-state index contributed by atoms with van der Waals surface area (Å²) in [6.07, 6.45) is 2.46. The second kappa shape index (κ2) is 13.0. The Hall–Kier alpha value is -3.80. The highest BCUT2D eigenvalue weighted by Gasteiger charge is 2.38. The van der Waals surface area contributed by atoms with Gasteiger partial charge in [-0.15, -0.1) is 0 Å². The Kier molecular flexibility index (Phi) is 9.51. The minimum Gasteiger partial charge on any atom is -0.381 e. The van der Waals surface area contributed by atoms with Crippen LogP contribution >= 0.6 is 0 Å². The number of hydrogen-bond acceptors (Lipinski definition) is 8. The van der Waals surface area contributed by atoms with Crippen LogP contribution in [0.4, 0.5) is 0 Å². The van der Waals surface area contributed by atoms with Gasteiger partial charge in [0.15, 0.2) is 0 Å². The lowest BCUT2D eigenvalue weighted by Crippen LogP contribution is -2.58. The first-order chi connectivity index (χ1) is 19.2. The molecule has 2 amide bonds. The van der Waals surface area contributed by atoms with E-state index in [1.54, 1.807) is 0 Å². The van der Waals surface area contributed by atoms with Crippen molar-refractivity contribution in [3.8, 4) is 23.3 Å². The molecular weight excluding hydrogens is 508 g/mol. The van der Waals surface area contributed by atoms with E-state index in [2.05, 4.69) is 22.8 Å². The van der Waals surface area contributed by atoms with Crippen LogP contribution in [0, 0.1) is 22.7 Å². The van der Waals surface area contributed by atoms with Crippen LogP contribution in [0.25, 0.3) is 11.1 Å². The first-order valence-electron chi connectivity index (χ1n) is 13.6. The van der Waals surface area contributed by atoms with E-state index in [4.69, 9.17) is 20.9 Å². The van der Waals surface area contributed by atoms with Crippen molar-refractivity contribution in [2.45, 2.75) is 61.7 Å². The number of nitrogens with two attached hydrogens (primary N) is 2. The summed E-state index contributed by atoms with van der Waals surface area (Å²) in [7, 11) is 0. The van der Waals surface area contributed by atoms with Crippen LogP contribution in [-0.2, 0) is 31.9 Å². The van der Waals surface area contributed by atoms with Gasteiger partial charge in [0.05, 0.1) is 23.2 Å². The van der Waals surface area contributed by atoms with Crippen molar-refractivity contribution in [1.29, 1.82) is 10.5 Å². The number of carbonyl (C=O) groups is 2. The van der Waals surface area contributed by atoms with Gasteiger partial charge in [0.25, 0.3) is 0 Å². The van der Waals surface area contributed by atoms with Crippen molar-refractivity contribution in [2.75, 3.05) is 26.4 Å². The maximum absolute atomic E-state index is 12.7. The lowest BCUT2D eigenvalue weighted by Gasteiger charge is -2.32. The first-order valence-corrected chi connectivity index (χ1v) is 13.6. The monoisotopic (exact) mass is 544 g/mol. The number of nitrogens with one attached hydrogen (secondary N) is 2. The summed E-state index contributed by atoms with van der Waals surface area (Å²) in [5, 5.41) is 24.8. The molecule has 2 atom stereocenters. The summed E-state index contributed by atoms with van der Waals surface area (Å²) in [6.45, 7) is 1.74. The molecule has 0 spiro atoms. The Morgan fingerprint density at radius 3 is 1.32 bits per heavy atom. The van der Waals surface area contributed by atoms with E-state index in [1.165, 1.54) is 0 Å². The van der Waals surface area contributed by atoms with Crippen molar-refractivity contribution in [1.82, 2.24) is 10.6 Å². The van der Waals surface area contributed by atoms with Gasteiger partial charge in [-0.3, -0.25) is 9.59 Å². The van der Waals surface area contributed by atoms with Crippen LogP contribution < -0.4 is 22.1 Å². The lowest BCUT2D eigenvalue weighted by molar-refractivity contribution is -0.130. The fourth-order valence-electron chi connectivity index (χ4n) is 4.93. The quantitative estimate of drug-likeness (QED) is 0.367. The Morgan fingerprint density at radius 1 is 0.700 bits per heavy atom. The fraction of sp³-hybridized carbons (Fsp3) is 0.467. The number of amides is 2. The van der Waals surface area contributed by atoms with Crippen molar-refractivity contribution >= 4 is 11.8 Å². The van der Waals surface area contributed by atoms with E-state index in [0.717, 1.165) is 22.3 Å². The number of carbonyl (C=O) groups excluding carboxylic acids is 2. The molecule has 2 aromatic rings. The van der Waals surface area contributed by atoms with E-state index in [1.807, 2.05) is 48.5 Å². The molecule has 0 aromatic heterocycles. The summed E-state index contributed by atoms with van der Waals surface area (Å²) in [6, 6.07) is 18.6. The zero-order valence-electron chi connectivity index (χ0n) is 22.5. The molecular formula is C30H36N6O4. The van der Waals surface area contributed by atoms with Gasteiger partial charge < -0.3 is 31.6 Å². The van der Waals surface area contributed by atoms with Crippen molar-refractivity contribution in [3.63, 3.8) is 0 Å². The molecule has 40 heavy (non-hydrogen) atoms. The molecule has 0 unspecified atom stereocenters. The number of ether oxygens (including phenoxy) is 2. The minimum absolute atomic E-state index is 0.316. The number of hydrogen-bond donors (Lipinski definition) is 4. The third-order valence-electron chi connectivity index (χ3n) is 7.72. The SMILES string of the molecule is N#C[C@H](Cc1ccc(-c2ccc(C[C@@H](C#N)NC(=O)C3(N)CCOCC3)cc2)cc1)NC(=O)C1(N)CCOCC1. The van der Waals surface area contributed by atoms with Gasteiger partial charge in [0.2, 0.25) is 11.8 Å². The van der Waals surface area contributed by atoms with Crippen molar-refractivity contribution in [3.05, 3.63) is 59.7 Å². The molecule has 10 heteroatoms. The van der Waals surface area contributed by atoms with E-state index >= 15 is 0 Å². The molecule has 4 rings (SSSR count). The van der Waals surface area contributed by atoms with Gasteiger partial charge in [-0.05, 0) is 47.9 Å². The number of rotatable bonds is 9. The number of benzene rings is 2. The zero-order valence-corrected chi connectivity index (χ0v) is 22.5. The highest BCUT2D eigenvalue weighted by atomic mass is 16.5. The Bertz CT molecular complexity index is 1150. The van der Waals surface area contributed by atoms with Gasteiger partial charge >= 0.3 is 0 Å². The third kappa shape index (κ3) is 7.23. The Balaban J connectivity index is 1.32. The normalized spacial score (nSPS) is 19.3. The van der Waals surface area contributed by atoms with Gasteiger partial charge in [-0.1, -0.05) is 48.5 Å². The number of nitrogens with zero attached hydrogens (tertiary/aromatic N) is 2. The molecule has 6 N–H and O–H groups in total. The summed E-state index contributed by atoms with van der Waals surface area (Å²) in [5.41, 5.74) is 14.3. The van der Waals surface area contributed by atoms with Gasteiger partial charge in [-0.25, -0.2) is 0 Å². The average Bonchev–Trinajstić information content (AvgIpc) is 2.98. The van der Waals surface area contributed by atoms with Gasteiger partial charge in [0.1, 0.15) is 12.1 Å². The van der Waals surface area contributed by atoms with Gasteiger partial charge in [0, 0.05) is 39.3 Å². The molecule has 0 saturated carbocycles. The van der Waals surface area contributed by atoms with Crippen molar-refractivity contribution in [2.24, 2.45) is 11.5 Å². The Morgan fingerprint density at radius 2 is 1.02 bits per heavy atom. The van der Waals surface area contributed by atoms with Crippen molar-refractivity contribution < 1.29 is 19.1 Å². The fourth-order valence-corrected chi connectivity index (χ4v) is 4.93. The minimum atomic E-state index is -1.00. The lowest BCUT2D eigenvalue weighted by atomic mass is 9.89. The molecule has 2 aliphatic rings. The molecule has 0 radical (unpaired) electrons. The predicted octanol–water partition coefficient (Wildman–Crippen LogP) is 1.47. The maximum atomic E-state index is 12.7. The zero-order chi connectivity index (χ0) is 28.6. The van der Waals surface area contributed by atoms with Crippen LogP contribution in [-0.4, -0.2) is 61.4 Å². The first kappa shape index (κ1) is 29.2. The summed E-state index contributed by atoms with van der Waals surface area (Å²) in [4.78, 5) is 25.4. The average molecular weight is 545 g/mol. The predicted molar refractivity (Wildman–Crippen MR) is 148 cm³/mol. The second-order valence-corrected chi connectivity index (χ2v) is 10.6. The molecule has 210 valence electrons. The molecule has 10 nitrogen and oxygen atoms in total. The van der Waals surface area contributed by atoms with Crippen LogP contribution in [0.5, 0.6) is 0 Å². The molecule has 0 aliphatic carbocycles. The smallest absolute Gasteiger partial charge is 0.241 e. The van der Waals surface area contributed by atoms with E-state index in [9.17, 15) is 20.1 Å².